The maximum atomic E-state index is 11.9. The molecule has 6 nitrogen and oxygen atoms in total. The van der Waals surface area contributed by atoms with Gasteiger partial charge < -0.3 is 15.7 Å². The van der Waals surface area contributed by atoms with Gasteiger partial charge in [-0.25, -0.2) is 4.79 Å². The Balaban J connectivity index is 2.80. The number of aromatic carboxylic acids is 1. The maximum absolute atomic E-state index is 11.9. The van der Waals surface area contributed by atoms with Crippen molar-refractivity contribution in [2.24, 2.45) is 5.73 Å². The monoisotopic (exact) mass is 271 g/mol. The Bertz CT molecular complexity index is 445. The van der Waals surface area contributed by atoms with Crippen LogP contribution in [0, 0.1) is 6.92 Å². The fourth-order valence-corrected chi connectivity index (χ4v) is 2.40. The van der Waals surface area contributed by atoms with Crippen molar-refractivity contribution in [3.8, 4) is 0 Å². The third-order valence-corrected chi connectivity index (χ3v) is 3.60. The largest absolute Gasteiger partial charge is 0.478 e. The van der Waals surface area contributed by atoms with Crippen LogP contribution in [-0.4, -0.2) is 34.9 Å². The third kappa shape index (κ3) is 3.27. The number of nitrogens with zero attached hydrogens (tertiary/aromatic N) is 2. The van der Waals surface area contributed by atoms with E-state index in [0.717, 1.165) is 18.0 Å². The maximum Gasteiger partial charge on any atom is 0.340 e. The van der Waals surface area contributed by atoms with Gasteiger partial charge >= 0.3 is 5.97 Å². The number of aromatic nitrogens is 1. The first-order chi connectivity index (χ1) is 8.49. The van der Waals surface area contributed by atoms with Gasteiger partial charge in [0.05, 0.1) is 5.69 Å². The molecule has 0 saturated carbocycles. The number of carboxylic acid groups (broad SMARTS) is 1. The molecule has 0 aliphatic heterocycles. The molecule has 1 aromatic rings. The van der Waals surface area contributed by atoms with E-state index in [9.17, 15) is 9.59 Å². The Hall–Kier alpha value is -1.47. The molecular weight excluding hydrogens is 254 g/mol. The van der Waals surface area contributed by atoms with Gasteiger partial charge in [0.25, 0.3) is 0 Å². The van der Waals surface area contributed by atoms with E-state index in [1.807, 2.05) is 0 Å². The molecule has 1 heterocycles. The quantitative estimate of drug-likeness (QED) is 0.759. The zero-order chi connectivity index (χ0) is 13.7. The van der Waals surface area contributed by atoms with Crippen molar-refractivity contribution in [1.82, 2.24) is 4.37 Å². The van der Waals surface area contributed by atoms with Crippen LogP contribution in [0.3, 0.4) is 0 Å². The number of amides is 1. The van der Waals surface area contributed by atoms with Crippen molar-refractivity contribution in [2.45, 2.75) is 26.2 Å². The molecule has 0 fully saturated rings. The van der Waals surface area contributed by atoms with E-state index in [-0.39, 0.29) is 11.5 Å². The summed E-state index contributed by atoms with van der Waals surface area (Å²) in [6, 6.07) is 0. The SMILES string of the molecule is Cc1nsc(N(C)C(=O)CCCCN)c1C(=O)O. The Morgan fingerprint density at radius 3 is 2.67 bits per heavy atom. The molecule has 1 amide bonds. The van der Waals surface area contributed by atoms with Crippen LogP contribution in [0.15, 0.2) is 0 Å². The summed E-state index contributed by atoms with van der Waals surface area (Å²) < 4.78 is 3.98. The summed E-state index contributed by atoms with van der Waals surface area (Å²) in [5.74, 6) is -1.17. The normalized spacial score (nSPS) is 10.4. The zero-order valence-corrected chi connectivity index (χ0v) is 11.3. The van der Waals surface area contributed by atoms with E-state index in [1.165, 1.54) is 4.90 Å². The van der Waals surface area contributed by atoms with Gasteiger partial charge in [-0.3, -0.25) is 4.79 Å². The summed E-state index contributed by atoms with van der Waals surface area (Å²) in [6.07, 6.45) is 1.86. The van der Waals surface area contributed by atoms with Crippen molar-refractivity contribution < 1.29 is 14.7 Å². The first-order valence-corrected chi connectivity index (χ1v) is 6.42. The fourth-order valence-electron chi connectivity index (χ4n) is 1.53. The van der Waals surface area contributed by atoms with Gasteiger partial charge in [-0.2, -0.15) is 4.37 Å². The number of carbonyl (C=O) groups is 2. The van der Waals surface area contributed by atoms with Gasteiger partial charge in [0, 0.05) is 13.5 Å². The van der Waals surface area contributed by atoms with Crippen LogP contribution >= 0.6 is 11.5 Å². The van der Waals surface area contributed by atoms with Gasteiger partial charge in [0.2, 0.25) is 5.91 Å². The molecule has 0 unspecified atom stereocenters. The summed E-state index contributed by atoms with van der Waals surface area (Å²) in [5, 5.41) is 9.48. The highest BCUT2D eigenvalue weighted by molar-refractivity contribution is 7.11. The number of hydrogen-bond acceptors (Lipinski definition) is 5. The molecule has 0 spiro atoms. The van der Waals surface area contributed by atoms with E-state index in [4.69, 9.17) is 10.8 Å². The van der Waals surface area contributed by atoms with Crippen LogP contribution in [0.1, 0.15) is 35.3 Å². The molecule has 0 radical (unpaired) electrons. The molecule has 7 heteroatoms. The molecule has 3 N–H and O–H groups in total. The topological polar surface area (TPSA) is 96.5 Å². The van der Waals surface area contributed by atoms with Crippen molar-refractivity contribution in [1.29, 1.82) is 0 Å². The molecular formula is C11H17N3O3S. The van der Waals surface area contributed by atoms with Crippen LogP contribution in [0.4, 0.5) is 5.00 Å². The number of carboxylic acids is 1. The number of rotatable bonds is 6. The second-order valence-corrected chi connectivity index (χ2v) is 4.70. The number of hydrogen-bond donors (Lipinski definition) is 2. The lowest BCUT2D eigenvalue weighted by Crippen LogP contribution is -2.26. The summed E-state index contributed by atoms with van der Waals surface area (Å²) >= 11 is 1.03. The molecule has 0 bridgehead atoms. The molecule has 0 atom stereocenters. The number of nitrogens with two attached hydrogens (primary N) is 1. The van der Waals surface area contributed by atoms with Crippen molar-refractivity contribution >= 4 is 28.4 Å². The lowest BCUT2D eigenvalue weighted by Gasteiger charge is -2.15. The van der Waals surface area contributed by atoms with Gasteiger partial charge in [0.15, 0.2) is 0 Å². The molecule has 18 heavy (non-hydrogen) atoms. The molecule has 1 rings (SSSR count). The summed E-state index contributed by atoms with van der Waals surface area (Å²) in [4.78, 5) is 24.3. The number of carbonyl (C=O) groups excluding carboxylic acids is 1. The Morgan fingerprint density at radius 1 is 1.44 bits per heavy atom. The smallest absolute Gasteiger partial charge is 0.340 e. The van der Waals surface area contributed by atoms with Crippen molar-refractivity contribution in [2.75, 3.05) is 18.5 Å². The van der Waals surface area contributed by atoms with Gasteiger partial charge in [-0.1, -0.05) is 0 Å². The summed E-state index contributed by atoms with van der Waals surface area (Å²) in [7, 11) is 1.57. The first-order valence-electron chi connectivity index (χ1n) is 5.65. The van der Waals surface area contributed by atoms with Crippen molar-refractivity contribution in [3.63, 3.8) is 0 Å². The first kappa shape index (κ1) is 14.6. The second-order valence-electron chi connectivity index (χ2n) is 3.95. The minimum atomic E-state index is -1.06. The Kier molecular flexibility index (Phi) is 5.24. The predicted molar refractivity (Wildman–Crippen MR) is 70.1 cm³/mol. The number of anilines is 1. The zero-order valence-electron chi connectivity index (χ0n) is 10.5. The molecule has 100 valence electrons. The van der Waals surface area contributed by atoms with Gasteiger partial charge in [-0.05, 0) is 37.8 Å². The third-order valence-electron chi connectivity index (χ3n) is 2.58. The lowest BCUT2D eigenvalue weighted by molar-refractivity contribution is -0.118. The van der Waals surface area contributed by atoms with E-state index in [0.29, 0.717) is 30.1 Å². The average Bonchev–Trinajstić information content (AvgIpc) is 2.70. The van der Waals surface area contributed by atoms with Crippen LogP contribution in [0.2, 0.25) is 0 Å². The highest BCUT2D eigenvalue weighted by atomic mass is 32.1. The van der Waals surface area contributed by atoms with E-state index >= 15 is 0 Å². The van der Waals surface area contributed by atoms with Crippen LogP contribution < -0.4 is 10.6 Å². The van der Waals surface area contributed by atoms with Gasteiger partial charge in [-0.15, -0.1) is 0 Å². The molecule has 0 aliphatic carbocycles. The predicted octanol–water partition coefficient (Wildman–Crippen LogP) is 1.24. The van der Waals surface area contributed by atoms with Gasteiger partial charge in [0.1, 0.15) is 10.6 Å². The number of unbranched alkanes of at least 4 members (excludes halogenated alkanes) is 1. The molecule has 1 aromatic heterocycles. The summed E-state index contributed by atoms with van der Waals surface area (Å²) in [5.41, 5.74) is 5.90. The molecule has 0 aromatic carbocycles. The summed E-state index contributed by atoms with van der Waals surface area (Å²) in [6.45, 7) is 2.17. The Labute approximate surface area is 110 Å². The minimum absolute atomic E-state index is 0.106. The molecule has 0 saturated heterocycles. The number of aryl methyl sites for hydroxylation is 1. The van der Waals surface area contributed by atoms with E-state index in [1.54, 1.807) is 14.0 Å². The van der Waals surface area contributed by atoms with Crippen molar-refractivity contribution in [3.05, 3.63) is 11.3 Å². The standard InChI is InChI=1S/C11H17N3O3S/c1-7-9(11(16)17)10(18-13-7)14(2)8(15)5-3-4-6-12/h3-6,12H2,1-2H3,(H,16,17). The van der Waals surface area contributed by atoms with Crippen LogP contribution in [0.25, 0.3) is 0 Å². The van der Waals surface area contributed by atoms with Crippen LogP contribution in [0.5, 0.6) is 0 Å². The Morgan fingerprint density at radius 2 is 2.11 bits per heavy atom. The fraction of sp³-hybridized carbons (Fsp3) is 0.545. The highest BCUT2D eigenvalue weighted by Crippen LogP contribution is 2.28. The average molecular weight is 271 g/mol. The second kappa shape index (κ2) is 6.46. The lowest BCUT2D eigenvalue weighted by atomic mass is 10.2. The van der Waals surface area contributed by atoms with E-state index in [2.05, 4.69) is 4.37 Å². The van der Waals surface area contributed by atoms with E-state index < -0.39 is 5.97 Å². The minimum Gasteiger partial charge on any atom is -0.478 e. The molecule has 0 aliphatic rings. The highest BCUT2D eigenvalue weighted by Gasteiger charge is 2.23. The van der Waals surface area contributed by atoms with Crippen LogP contribution in [-0.2, 0) is 4.79 Å².